The van der Waals surface area contributed by atoms with Gasteiger partial charge in [-0.3, -0.25) is 4.98 Å². The zero-order valence-corrected chi connectivity index (χ0v) is 13.8. The zero-order valence-electron chi connectivity index (χ0n) is 11.5. The summed E-state index contributed by atoms with van der Waals surface area (Å²) in [5, 5.41) is 2.59. The Kier molecular flexibility index (Phi) is 3.36. The Morgan fingerprint density at radius 3 is 2.86 bits per heavy atom. The van der Waals surface area contributed by atoms with Gasteiger partial charge in [0.1, 0.15) is 5.15 Å². The van der Waals surface area contributed by atoms with Crippen LogP contribution in [0, 0.1) is 0 Å². The van der Waals surface area contributed by atoms with Gasteiger partial charge in [-0.1, -0.05) is 39.7 Å². The molecule has 4 rings (SSSR count). The summed E-state index contributed by atoms with van der Waals surface area (Å²) < 4.78 is 1.03. The van der Waals surface area contributed by atoms with Gasteiger partial charge in [0.25, 0.3) is 0 Å². The topological polar surface area (TPSA) is 41.6 Å². The first kappa shape index (κ1) is 13.7. The molecule has 22 heavy (non-hydrogen) atoms. The fourth-order valence-electron chi connectivity index (χ4n) is 2.70. The molecule has 0 aliphatic carbocycles. The van der Waals surface area contributed by atoms with E-state index in [1.54, 1.807) is 6.20 Å². The Hall–Kier alpha value is -1.91. The maximum Gasteiger partial charge on any atom is 0.139 e. The molecule has 0 amide bonds. The Morgan fingerprint density at radius 1 is 1.14 bits per heavy atom. The number of hydrogen-bond acceptors (Lipinski definition) is 2. The number of H-pyrrole nitrogens is 1. The predicted molar refractivity (Wildman–Crippen MR) is 93.4 cm³/mol. The molecule has 3 nitrogen and oxygen atoms in total. The standard InChI is InChI=1S/C17H11BrClN3/c18-11-3-4-13-14(7-11)22-15-8-12(21-17(19)16(13)15)6-10-2-1-5-20-9-10/h1-5,7-9,22H,6H2. The molecule has 3 aromatic heterocycles. The molecule has 1 aromatic carbocycles. The number of aromatic nitrogens is 3. The lowest BCUT2D eigenvalue weighted by atomic mass is 10.1. The monoisotopic (exact) mass is 371 g/mol. The Balaban J connectivity index is 1.87. The van der Waals surface area contributed by atoms with E-state index in [2.05, 4.69) is 36.9 Å². The molecule has 0 unspecified atom stereocenters. The number of rotatable bonds is 2. The molecule has 0 atom stereocenters. The number of nitrogens with one attached hydrogen (secondary N) is 1. The summed E-state index contributed by atoms with van der Waals surface area (Å²) in [7, 11) is 0. The average molecular weight is 373 g/mol. The van der Waals surface area contributed by atoms with Crippen LogP contribution in [0.4, 0.5) is 0 Å². The van der Waals surface area contributed by atoms with Crippen molar-refractivity contribution in [3.05, 3.63) is 69.7 Å². The van der Waals surface area contributed by atoms with E-state index in [0.717, 1.165) is 37.5 Å². The van der Waals surface area contributed by atoms with E-state index in [0.29, 0.717) is 11.6 Å². The molecule has 0 bridgehead atoms. The molecule has 0 aliphatic heterocycles. The van der Waals surface area contributed by atoms with Crippen molar-refractivity contribution < 1.29 is 0 Å². The lowest BCUT2D eigenvalue weighted by Gasteiger charge is -2.03. The van der Waals surface area contributed by atoms with Gasteiger partial charge in [0.15, 0.2) is 0 Å². The number of nitrogens with zero attached hydrogens (tertiary/aromatic N) is 2. The largest absolute Gasteiger partial charge is 0.354 e. The van der Waals surface area contributed by atoms with Crippen molar-refractivity contribution in [1.82, 2.24) is 15.0 Å². The van der Waals surface area contributed by atoms with Gasteiger partial charge in [0.2, 0.25) is 0 Å². The van der Waals surface area contributed by atoms with Crippen LogP contribution in [0.1, 0.15) is 11.3 Å². The van der Waals surface area contributed by atoms with Crippen LogP contribution in [-0.4, -0.2) is 15.0 Å². The van der Waals surface area contributed by atoms with Crippen LogP contribution < -0.4 is 0 Å². The van der Waals surface area contributed by atoms with Crippen LogP contribution in [-0.2, 0) is 6.42 Å². The molecule has 0 aliphatic rings. The highest BCUT2D eigenvalue weighted by Gasteiger charge is 2.11. The third-order valence-electron chi connectivity index (χ3n) is 3.66. The highest BCUT2D eigenvalue weighted by atomic mass is 79.9. The number of halogens is 2. The molecular weight excluding hydrogens is 362 g/mol. The first-order valence-corrected chi connectivity index (χ1v) is 8.03. The quantitative estimate of drug-likeness (QED) is 0.496. The minimum atomic E-state index is 0.532. The van der Waals surface area contributed by atoms with Crippen molar-refractivity contribution >= 4 is 49.3 Å². The van der Waals surface area contributed by atoms with Crippen LogP contribution in [0.5, 0.6) is 0 Å². The van der Waals surface area contributed by atoms with Crippen molar-refractivity contribution in [3.63, 3.8) is 0 Å². The van der Waals surface area contributed by atoms with E-state index in [-0.39, 0.29) is 0 Å². The third kappa shape index (κ3) is 2.38. The second-order valence-corrected chi connectivity index (χ2v) is 6.45. The van der Waals surface area contributed by atoms with Crippen LogP contribution in [0.15, 0.2) is 53.3 Å². The lowest BCUT2D eigenvalue weighted by molar-refractivity contribution is 1.07. The van der Waals surface area contributed by atoms with Crippen molar-refractivity contribution in [2.75, 3.05) is 0 Å². The number of aromatic amines is 1. The molecule has 5 heteroatoms. The molecule has 4 aromatic rings. The number of hydrogen-bond donors (Lipinski definition) is 1. The number of benzene rings is 1. The van der Waals surface area contributed by atoms with Gasteiger partial charge < -0.3 is 4.98 Å². The minimum Gasteiger partial charge on any atom is -0.354 e. The van der Waals surface area contributed by atoms with Crippen LogP contribution in [0.25, 0.3) is 21.8 Å². The van der Waals surface area contributed by atoms with Gasteiger partial charge >= 0.3 is 0 Å². The van der Waals surface area contributed by atoms with Gasteiger partial charge in [-0.15, -0.1) is 0 Å². The molecule has 0 saturated carbocycles. The summed E-state index contributed by atoms with van der Waals surface area (Å²) in [6, 6.07) is 12.1. The summed E-state index contributed by atoms with van der Waals surface area (Å²) in [5.41, 5.74) is 4.10. The van der Waals surface area contributed by atoms with Crippen LogP contribution >= 0.6 is 27.5 Å². The highest BCUT2D eigenvalue weighted by molar-refractivity contribution is 9.10. The van der Waals surface area contributed by atoms with Crippen LogP contribution in [0.2, 0.25) is 5.15 Å². The summed E-state index contributed by atoms with van der Waals surface area (Å²) >= 11 is 9.92. The number of fused-ring (bicyclic) bond motifs is 3. The second kappa shape index (κ2) is 5.38. The summed E-state index contributed by atoms with van der Waals surface area (Å²) in [6.45, 7) is 0. The SMILES string of the molecule is Clc1nc(Cc2cccnc2)cc2[nH]c3cc(Br)ccc3c12. The van der Waals surface area contributed by atoms with Gasteiger partial charge in [0, 0.05) is 45.3 Å². The van der Waals surface area contributed by atoms with E-state index in [1.165, 1.54) is 0 Å². The molecule has 0 fully saturated rings. The van der Waals surface area contributed by atoms with E-state index < -0.39 is 0 Å². The van der Waals surface area contributed by atoms with Crippen molar-refractivity contribution in [2.24, 2.45) is 0 Å². The van der Waals surface area contributed by atoms with E-state index in [9.17, 15) is 0 Å². The Labute approximate surface area is 140 Å². The summed E-state index contributed by atoms with van der Waals surface area (Å²) in [4.78, 5) is 12.1. The fraction of sp³-hybridized carbons (Fsp3) is 0.0588. The van der Waals surface area contributed by atoms with Gasteiger partial charge in [0.05, 0.1) is 5.52 Å². The van der Waals surface area contributed by atoms with Gasteiger partial charge in [-0.05, 0) is 29.8 Å². The normalized spacial score (nSPS) is 11.4. The number of pyridine rings is 2. The fourth-order valence-corrected chi connectivity index (χ4v) is 3.38. The highest BCUT2D eigenvalue weighted by Crippen LogP contribution is 2.32. The predicted octanol–water partition coefficient (Wildman–Crippen LogP) is 5.12. The van der Waals surface area contributed by atoms with E-state index in [4.69, 9.17) is 11.6 Å². The minimum absolute atomic E-state index is 0.532. The zero-order chi connectivity index (χ0) is 15.1. The first-order chi connectivity index (χ1) is 10.7. The molecule has 0 radical (unpaired) electrons. The maximum atomic E-state index is 6.43. The molecule has 0 spiro atoms. The van der Waals surface area contributed by atoms with Crippen LogP contribution in [0.3, 0.4) is 0 Å². The molecular formula is C17H11BrClN3. The third-order valence-corrected chi connectivity index (χ3v) is 4.42. The molecule has 1 N–H and O–H groups in total. The van der Waals surface area contributed by atoms with Crippen molar-refractivity contribution in [1.29, 1.82) is 0 Å². The summed E-state index contributed by atoms with van der Waals surface area (Å²) in [6.07, 6.45) is 4.33. The lowest BCUT2D eigenvalue weighted by Crippen LogP contribution is -1.93. The van der Waals surface area contributed by atoms with E-state index >= 15 is 0 Å². The van der Waals surface area contributed by atoms with Crippen molar-refractivity contribution in [3.8, 4) is 0 Å². The van der Waals surface area contributed by atoms with Crippen molar-refractivity contribution in [2.45, 2.75) is 6.42 Å². The second-order valence-electron chi connectivity index (χ2n) is 5.18. The smallest absolute Gasteiger partial charge is 0.139 e. The molecule has 0 saturated heterocycles. The average Bonchev–Trinajstić information content (AvgIpc) is 2.85. The molecule has 3 heterocycles. The summed E-state index contributed by atoms with van der Waals surface area (Å²) in [5.74, 6) is 0. The first-order valence-electron chi connectivity index (χ1n) is 6.86. The Bertz CT molecular complexity index is 979. The van der Waals surface area contributed by atoms with E-state index in [1.807, 2.05) is 36.5 Å². The van der Waals surface area contributed by atoms with Gasteiger partial charge in [-0.25, -0.2) is 4.98 Å². The molecule has 108 valence electrons. The Morgan fingerprint density at radius 2 is 2.05 bits per heavy atom. The maximum absolute atomic E-state index is 6.43. The van der Waals surface area contributed by atoms with Gasteiger partial charge in [-0.2, -0.15) is 0 Å².